The largest absolute Gasteiger partial charge is 0.497 e. The standard InChI is InChI=1S/C17H20N4O3/c1-10(2)16(17-19-9-24-21-17)20-15(22)6-11-8-18-14-5-4-12(23-3)7-13(11)14/h4-5,7-10,16,18H,6H2,1-3H3,(H,20,22)/t16-/m1/s1. The average molecular weight is 328 g/mol. The quantitative estimate of drug-likeness (QED) is 0.725. The van der Waals surface area contributed by atoms with Crippen molar-refractivity contribution in [2.75, 3.05) is 7.11 Å². The van der Waals surface area contributed by atoms with Gasteiger partial charge in [-0.15, -0.1) is 0 Å². The van der Waals surface area contributed by atoms with Gasteiger partial charge in [-0.1, -0.05) is 19.0 Å². The van der Waals surface area contributed by atoms with Crippen LogP contribution in [0.2, 0.25) is 0 Å². The van der Waals surface area contributed by atoms with Crippen molar-refractivity contribution >= 4 is 16.8 Å². The zero-order valence-corrected chi connectivity index (χ0v) is 13.9. The maximum atomic E-state index is 12.5. The summed E-state index contributed by atoms with van der Waals surface area (Å²) in [5.41, 5.74) is 1.88. The van der Waals surface area contributed by atoms with Crippen LogP contribution >= 0.6 is 0 Å². The maximum Gasteiger partial charge on any atom is 0.225 e. The Hall–Kier alpha value is -2.83. The Balaban J connectivity index is 1.77. The Morgan fingerprint density at radius 1 is 1.42 bits per heavy atom. The molecular weight excluding hydrogens is 308 g/mol. The number of hydrogen-bond acceptors (Lipinski definition) is 5. The summed E-state index contributed by atoms with van der Waals surface area (Å²) in [5, 5.41) is 7.80. The molecule has 1 aromatic carbocycles. The van der Waals surface area contributed by atoms with E-state index in [1.54, 1.807) is 7.11 Å². The molecule has 0 saturated carbocycles. The molecule has 0 aliphatic carbocycles. The third-order valence-electron chi connectivity index (χ3n) is 3.97. The molecule has 2 aromatic heterocycles. The zero-order chi connectivity index (χ0) is 17.1. The highest BCUT2D eigenvalue weighted by Crippen LogP contribution is 2.24. The molecule has 7 nitrogen and oxygen atoms in total. The second-order valence-electron chi connectivity index (χ2n) is 5.98. The molecule has 2 N–H and O–H groups in total. The van der Waals surface area contributed by atoms with Crippen LogP contribution in [0.25, 0.3) is 10.9 Å². The van der Waals surface area contributed by atoms with Gasteiger partial charge in [0.15, 0.2) is 5.82 Å². The van der Waals surface area contributed by atoms with E-state index in [0.717, 1.165) is 22.2 Å². The second kappa shape index (κ2) is 6.74. The number of benzene rings is 1. The van der Waals surface area contributed by atoms with Crippen molar-refractivity contribution in [2.24, 2.45) is 5.92 Å². The van der Waals surface area contributed by atoms with Gasteiger partial charge in [-0.2, -0.15) is 4.98 Å². The van der Waals surface area contributed by atoms with Gasteiger partial charge in [0, 0.05) is 17.1 Å². The minimum absolute atomic E-state index is 0.0952. The highest BCUT2D eigenvalue weighted by Gasteiger charge is 2.22. The number of rotatable bonds is 6. The van der Waals surface area contributed by atoms with E-state index in [2.05, 4.69) is 20.4 Å². The van der Waals surface area contributed by atoms with Crippen LogP contribution in [-0.2, 0) is 11.2 Å². The zero-order valence-electron chi connectivity index (χ0n) is 13.9. The molecular formula is C17H20N4O3. The lowest BCUT2D eigenvalue weighted by Crippen LogP contribution is -2.33. The van der Waals surface area contributed by atoms with E-state index in [0.29, 0.717) is 5.82 Å². The fourth-order valence-electron chi connectivity index (χ4n) is 2.67. The number of hydrogen-bond donors (Lipinski definition) is 2. The summed E-state index contributed by atoms with van der Waals surface area (Å²) in [6, 6.07) is 5.46. The minimum Gasteiger partial charge on any atom is -0.497 e. The SMILES string of the molecule is COc1ccc2[nH]cc(CC(=O)N[C@@H](c3ncon3)C(C)C)c2c1. The van der Waals surface area contributed by atoms with Crippen LogP contribution in [0.15, 0.2) is 35.3 Å². The average Bonchev–Trinajstić information content (AvgIpc) is 3.22. The van der Waals surface area contributed by atoms with Crippen molar-refractivity contribution in [1.29, 1.82) is 0 Å². The molecule has 0 spiro atoms. The van der Waals surface area contributed by atoms with Crippen molar-refractivity contribution in [1.82, 2.24) is 20.4 Å². The number of fused-ring (bicyclic) bond motifs is 1. The van der Waals surface area contributed by atoms with E-state index < -0.39 is 0 Å². The fraction of sp³-hybridized carbons (Fsp3) is 0.353. The Labute approximate surface area is 139 Å². The number of aromatic nitrogens is 3. The van der Waals surface area contributed by atoms with Gasteiger partial charge >= 0.3 is 0 Å². The summed E-state index contributed by atoms with van der Waals surface area (Å²) in [5.74, 6) is 1.30. The number of carbonyl (C=O) groups excluding carboxylic acids is 1. The summed E-state index contributed by atoms with van der Waals surface area (Å²) >= 11 is 0. The first kappa shape index (κ1) is 16.0. The van der Waals surface area contributed by atoms with Gasteiger partial charge in [0.05, 0.1) is 19.6 Å². The van der Waals surface area contributed by atoms with E-state index in [-0.39, 0.29) is 24.3 Å². The first-order chi connectivity index (χ1) is 11.6. The Morgan fingerprint density at radius 2 is 2.25 bits per heavy atom. The molecule has 24 heavy (non-hydrogen) atoms. The number of methoxy groups -OCH3 is 1. The highest BCUT2D eigenvalue weighted by molar-refractivity contribution is 5.89. The molecule has 0 aliphatic rings. The number of nitrogens with one attached hydrogen (secondary N) is 2. The van der Waals surface area contributed by atoms with Crippen molar-refractivity contribution in [3.05, 3.63) is 42.2 Å². The lowest BCUT2D eigenvalue weighted by Gasteiger charge is -2.18. The number of amides is 1. The molecule has 0 fully saturated rings. The Bertz CT molecular complexity index is 824. The maximum absolute atomic E-state index is 12.5. The Morgan fingerprint density at radius 3 is 2.92 bits per heavy atom. The van der Waals surface area contributed by atoms with Gasteiger partial charge in [-0.05, 0) is 29.7 Å². The van der Waals surface area contributed by atoms with E-state index in [4.69, 9.17) is 9.26 Å². The molecule has 1 amide bonds. The van der Waals surface area contributed by atoms with Crippen molar-refractivity contribution in [3.63, 3.8) is 0 Å². The second-order valence-corrected chi connectivity index (χ2v) is 5.98. The van der Waals surface area contributed by atoms with Crippen LogP contribution in [0.5, 0.6) is 5.75 Å². The molecule has 0 bridgehead atoms. The van der Waals surface area contributed by atoms with Gasteiger partial charge in [0.1, 0.15) is 5.75 Å². The normalized spacial score (nSPS) is 12.5. The minimum atomic E-state index is -0.281. The topological polar surface area (TPSA) is 93.0 Å². The number of carbonyl (C=O) groups is 1. The van der Waals surface area contributed by atoms with Gasteiger partial charge in [-0.25, -0.2) is 0 Å². The smallest absolute Gasteiger partial charge is 0.225 e. The molecule has 126 valence electrons. The van der Waals surface area contributed by atoms with E-state index in [1.165, 1.54) is 6.39 Å². The molecule has 3 rings (SSSR count). The first-order valence-corrected chi connectivity index (χ1v) is 7.78. The highest BCUT2D eigenvalue weighted by atomic mass is 16.5. The van der Waals surface area contributed by atoms with Gasteiger partial charge in [-0.3, -0.25) is 4.79 Å². The lowest BCUT2D eigenvalue weighted by atomic mass is 10.0. The summed E-state index contributed by atoms with van der Waals surface area (Å²) < 4.78 is 10.0. The number of ether oxygens (including phenoxy) is 1. The third kappa shape index (κ3) is 3.24. The number of H-pyrrole nitrogens is 1. The van der Waals surface area contributed by atoms with Crippen LogP contribution in [0.1, 0.15) is 31.3 Å². The van der Waals surface area contributed by atoms with E-state index in [9.17, 15) is 4.79 Å². The molecule has 0 aliphatic heterocycles. The molecule has 3 aromatic rings. The van der Waals surface area contributed by atoms with Gasteiger partial charge in [0.25, 0.3) is 0 Å². The molecule has 0 unspecified atom stereocenters. The van der Waals surface area contributed by atoms with Crippen LogP contribution in [-0.4, -0.2) is 28.1 Å². The van der Waals surface area contributed by atoms with Crippen molar-refractivity contribution in [3.8, 4) is 5.75 Å². The molecule has 7 heteroatoms. The molecule has 1 atom stereocenters. The lowest BCUT2D eigenvalue weighted by molar-refractivity contribution is -0.121. The molecule has 2 heterocycles. The van der Waals surface area contributed by atoms with Gasteiger partial charge < -0.3 is 19.6 Å². The van der Waals surface area contributed by atoms with E-state index in [1.807, 2.05) is 38.2 Å². The molecule has 0 radical (unpaired) electrons. The number of aromatic amines is 1. The van der Waals surface area contributed by atoms with E-state index >= 15 is 0 Å². The summed E-state index contributed by atoms with van der Waals surface area (Å²) in [6.45, 7) is 4.00. The van der Waals surface area contributed by atoms with Crippen molar-refractivity contribution in [2.45, 2.75) is 26.3 Å². The summed E-state index contributed by atoms with van der Waals surface area (Å²) in [4.78, 5) is 19.7. The fourth-order valence-corrected chi connectivity index (χ4v) is 2.67. The predicted molar refractivity (Wildman–Crippen MR) is 88.6 cm³/mol. The number of nitrogens with zero attached hydrogens (tertiary/aromatic N) is 2. The van der Waals surface area contributed by atoms with Crippen LogP contribution < -0.4 is 10.1 Å². The van der Waals surface area contributed by atoms with Crippen molar-refractivity contribution < 1.29 is 14.1 Å². The summed E-state index contributed by atoms with van der Waals surface area (Å²) in [6.07, 6.45) is 3.37. The van der Waals surface area contributed by atoms with Crippen LogP contribution in [0, 0.1) is 5.92 Å². The monoisotopic (exact) mass is 328 g/mol. The summed E-state index contributed by atoms with van der Waals surface area (Å²) in [7, 11) is 1.62. The van der Waals surface area contributed by atoms with Crippen LogP contribution in [0.4, 0.5) is 0 Å². The van der Waals surface area contributed by atoms with Crippen LogP contribution in [0.3, 0.4) is 0 Å². The first-order valence-electron chi connectivity index (χ1n) is 7.78. The van der Waals surface area contributed by atoms with Gasteiger partial charge in [0.2, 0.25) is 12.3 Å². The predicted octanol–water partition coefficient (Wildman–Crippen LogP) is 2.62. The third-order valence-corrected chi connectivity index (χ3v) is 3.97. The molecule has 0 saturated heterocycles. The Kier molecular flexibility index (Phi) is 4.50.